The molecule has 15 heavy (non-hydrogen) atoms. The summed E-state index contributed by atoms with van der Waals surface area (Å²) < 4.78 is 11.1. The highest BCUT2D eigenvalue weighted by Gasteiger charge is 2.04. The first-order chi connectivity index (χ1) is 7.15. The molecular weight excluding hydrogens is 190 g/mol. The summed E-state index contributed by atoms with van der Waals surface area (Å²) >= 11 is 0. The highest BCUT2D eigenvalue weighted by atomic mass is 16.5. The monoisotopic (exact) mass is 205 g/mol. The lowest BCUT2D eigenvalue weighted by molar-refractivity contribution is 0.0553. The van der Waals surface area contributed by atoms with Crippen molar-refractivity contribution in [2.75, 3.05) is 5.73 Å². The molecule has 0 atom stereocenters. The number of nitrogens with two attached hydrogens (primary N) is 1. The van der Waals surface area contributed by atoms with Crippen LogP contribution in [0.1, 0.15) is 19.6 Å². The molecule has 3 nitrogen and oxygen atoms in total. The number of rotatable bonds is 3. The van der Waals surface area contributed by atoms with Crippen molar-refractivity contribution in [2.24, 2.45) is 0 Å². The molecule has 0 amide bonds. The van der Waals surface area contributed by atoms with Gasteiger partial charge in [0.15, 0.2) is 0 Å². The molecule has 1 aromatic heterocycles. The normalized spacial score (nSPS) is 11.4. The van der Waals surface area contributed by atoms with Gasteiger partial charge in [-0.25, -0.2) is 0 Å². The summed E-state index contributed by atoms with van der Waals surface area (Å²) in [7, 11) is 0. The third-order valence-corrected chi connectivity index (χ3v) is 2.15. The molecular formula is C12H15NO2. The number of benzene rings is 1. The fraction of sp³-hybridized carbons (Fsp3) is 0.333. The lowest BCUT2D eigenvalue weighted by Crippen LogP contribution is -2.01. The van der Waals surface area contributed by atoms with Crippen LogP contribution in [0.25, 0.3) is 11.0 Å². The first-order valence-corrected chi connectivity index (χ1v) is 5.04. The quantitative estimate of drug-likeness (QED) is 0.784. The van der Waals surface area contributed by atoms with Crippen LogP contribution in [0.3, 0.4) is 0 Å². The van der Waals surface area contributed by atoms with E-state index >= 15 is 0 Å². The summed E-state index contributed by atoms with van der Waals surface area (Å²) in [6, 6.07) is 7.58. The molecule has 3 heteroatoms. The van der Waals surface area contributed by atoms with Crippen molar-refractivity contribution in [2.45, 2.75) is 26.6 Å². The van der Waals surface area contributed by atoms with Crippen molar-refractivity contribution < 1.29 is 9.15 Å². The van der Waals surface area contributed by atoms with Crippen LogP contribution in [-0.4, -0.2) is 6.10 Å². The Hall–Kier alpha value is -1.48. The molecule has 0 aliphatic heterocycles. The van der Waals surface area contributed by atoms with Gasteiger partial charge in [-0.2, -0.15) is 0 Å². The minimum atomic E-state index is 0.211. The average molecular weight is 205 g/mol. The lowest BCUT2D eigenvalue weighted by Gasteiger charge is -2.03. The number of hydrogen-bond donors (Lipinski definition) is 1. The Morgan fingerprint density at radius 3 is 2.87 bits per heavy atom. The molecule has 0 aliphatic carbocycles. The van der Waals surface area contributed by atoms with E-state index in [2.05, 4.69) is 0 Å². The molecule has 0 saturated heterocycles. The standard InChI is InChI=1S/C12H15NO2/c1-8(2)14-7-11-6-9-5-10(13)3-4-12(9)15-11/h3-6,8H,7,13H2,1-2H3. The Bertz CT molecular complexity index is 460. The minimum absolute atomic E-state index is 0.211. The van der Waals surface area contributed by atoms with E-state index in [1.807, 2.05) is 38.1 Å². The van der Waals surface area contributed by atoms with Gasteiger partial charge in [-0.3, -0.25) is 0 Å². The van der Waals surface area contributed by atoms with Gasteiger partial charge < -0.3 is 14.9 Å². The molecule has 2 rings (SSSR count). The second kappa shape index (κ2) is 3.95. The average Bonchev–Trinajstić information content (AvgIpc) is 2.56. The second-order valence-electron chi connectivity index (χ2n) is 3.87. The summed E-state index contributed by atoms with van der Waals surface area (Å²) in [4.78, 5) is 0. The zero-order valence-electron chi connectivity index (χ0n) is 8.99. The summed E-state index contributed by atoms with van der Waals surface area (Å²) in [6.07, 6.45) is 0.211. The first-order valence-electron chi connectivity index (χ1n) is 5.04. The van der Waals surface area contributed by atoms with Gasteiger partial charge in [-0.15, -0.1) is 0 Å². The summed E-state index contributed by atoms with van der Waals surface area (Å²) in [6.45, 7) is 4.51. The topological polar surface area (TPSA) is 48.4 Å². The number of ether oxygens (including phenoxy) is 1. The number of furan rings is 1. The van der Waals surface area contributed by atoms with Crippen LogP contribution < -0.4 is 5.73 Å². The fourth-order valence-corrected chi connectivity index (χ4v) is 1.44. The van der Waals surface area contributed by atoms with E-state index in [-0.39, 0.29) is 6.10 Å². The summed E-state index contributed by atoms with van der Waals surface area (Å²) in [5.74, 6) is 0.837. The molecule has 0 radical (unpaired) electrons. The van der Waals surface area contributed by atoms with Gasteiger partial charge in [0, 0.05) is 11.1 Å². The van der Waals surface area contributed by atoms with E-state index in [1.165, 1.54) is 0 Å². The lowest BCUT2D eigenvalue weighted by atomic mass is 10.2. The van der Waals surface area contributed by atoms with Crippen LogP contribution in [-0.2, 0) is 11.3 Å². The van der Waals surface area contributed by atoms with Gasteiger partial charge in [-0.05, 0) is 38.1 Å². The van der Waals surface area contributed by atoms with Crippen LogP contribution in [0.5, 0.6) is 0 Å². The molecule has 0 fully saturated rings. The maximum atomic E-state index is 5.68. The van der Waals surface area contributed by atoms with E-state index in [1.54, 1.807) is 0 Å². The molecule has 0 unspecified atom stereocenters. The van der Waals surface area contributed by atoms with Gasteiger partial charge >= 0.3 is 0 Å². The fourth-order valence-electron chi connectivity index (χ4n) is 1.44. The van der Waals surface area contributed by atoms with Gasteiger partial charge in [0.1, 0.15) is 18.0 Å². The summed E-state index contributed by atoms with van der Waals surface area (Å²) in [5, 5.41) is 1.03. The first kappa shape index (κ1) is 10.1. The van der Waals surface area contributed by atoms with Gasteiger partial charge in [0.25, 0.3) is 0 Å². The van der Waals surface area contributed by atoms with E-state index < -0.39 is 0 Å². The van der Waals surface area contributed by atoms with Crippen LogP contribution in [0.2, 0.25) is 0 Å². The van der Waals surface area contributed by atoms with Gasteiger partial charge in [0.05, 0.1) is 6.10 Å². The Labute approximate surface area is 88.8 Å². The van der Waals surface area contributed by atoms with Gasteiger partial charge in [0.2, 0.25) is 0 Å². The van der Waals surface area contributed by atoms with Crippen molar-refractivity contribution in [3.8, 4) is 0 Å². The van der Waals surface area contributed by atoms with Crippen molar-refractivity contribution in [3.63, 3.8) is 0 Å². The molecule has 1 aromatic carbocycles. The second-order valence-corrected chi connectivity index (χ2v) is 3.87. The van der Waals surface area contributed by atoms with E-state index in [0.717, 1.165) is 22.4 Å². The third-order valence-electron chi connectivity index (χ3n) is 2.15. The number of anilines is 1. The zero-order valence-corrected chi connectivity index (χ0v) is 8.99. The third kappa shape index (κ3) is 2.30. The van der Waals surface area contributed by atoms with Gasteiger partial charge in [-0.1, -0.05) is 0 Å². The molecule has 0 spiro atoms. The molecule has 2 aromatic rings. The Balaban J connectivity index is 2.23. The van der Waals surface area contributed by atoms with Crippen LogP contribution >= 0.6 is 0 Å². The zero-order chi connectivity index (χ0) is 10.8. The van der Waals surface area contributed by atoms with E-state index in [9.17, 15) is 0 Å². The number of hydrogen-bond acceptors (Lipinski definition) is 3. The van der Waals surface area contributed by atoms with E-state index in [0.29, 0.717) is 6.61 Å². The van der Waals surface area contributed by atoms with E-state index in [4.69, 9.17) is 14.9 Å². The highest BCUT2D eigenvalue weighted by molar-refractivity contribution is 5.81. The van der Waals surface area contributed by atoms with Crippen molar-refractivity contribution in [1.29, 1.82) is 0 Å². The maximum absolute atomic E-state index is 5.68. The Kier molecular flexibility index (Phi) is 2.64. The largest absolute Gasteiger partial charge is 0.459 e. The number of fused-ring (bicyclic) bond motifs is 1. The Morgan fingerprint density at radius 1 is 1.33 bits per heavy atom. The minimum Gasteiger partial charge on any atom is -0.459 e. The molecule has 0 bridgehead atoms. The predicted octanol–water partition coefficient (Wildman–Crippen LogP) is 2.94. The van der Waals surface area contributed by atoms with Crippen LogP contribution in [0.15, 0.2) is 28.7 Å². The molecule has 80 valence electrons. The SMILES string of the molecule is CC(C)OCc1cc2cc(N)ccc2o1. The molecule has 0 saturated carbocycles. The smallest absolute Gasteiger partial charge is 0.134 e. The molecule has 0 aliphatic rings. The molecule has 1 heterocycles. The predicted molar refractivity (Wildman–Crippen MR) is 60.6 cm³/mol. The van der Waals surface area contributed by atoms with Crippen molar-refractivity contribution in [3.05, 3.63) is 30.0 Å². The van der Waals surface area contributed by atoms with Crippen molar-refractivity contribution in [1.82, 2.24) is 0 Å². The highest BCUT2D eigenvalue weighted by Crippen LogP contribution is 2.22. The van der Waals surface area contributed by atoms with Crippen molar-refractivity contribution >= 4 is 16.7 Å². The summed E-state index contributed by atoms with van der Waals surface area (Å²) in [5.41, 5.74) is 7.29. The van der Waals surface area contributed by atoms with Crippen LogP contribution in [0, 0.1) is 0 Å². The molecule has 2 N–H and O–H groups in total. The van der Waals surface area contributed by atoms with Crippen LogP contribution in [0.4, 0.5) is 5.69 Å². The Morgan fingerprint density at radius 2 is 2.13 bits per heavy atom. The maximum Gasteiger partial charge on any atom is 0.134 e. The number of nitrogen functional groups attached to an aromatic ring is 1.